The highest BCUT2D eigenvalue weighted by molar-refractivity contribution is 5.98. The Labute approximate surface area is 291 Å². The van der Waals surface area contributed by atoms with Crippen LogP contribution in [0.2, 0.25) is 0 Å². The fourth-order valence-corrected chi connectivity index (χ4v) is 5.93. The van der Waals surface area contributed by atoms with Crippen molar-refractivity contribution in [2.45, 2.75) is 122 Å². The normalized spacial score (nSPS) is 23.3. The van der Waals surface area contributed by atoms with Gasteiger partial charge in [-0.2, -0.15) is 10.4 Å². The van der Waals surface area contributed by atoms with Gasteiger partial charge < -0.3 is 39.4 Å². The van der Waals surface area contributed by atoms with E-state index in [-0.39, 0.29) is 29.4 Å². The molecule has 1 saturated carbocycles. The Morgan fingerprint density at radius 1 is 1.16 bits per heavy atom. The molecule has 2 aliphatic rings. The minimum absolute atomic E-state index is 0.0273. The number of fused-ring (bicyclic) bond motifs is 1. The number of esters is 2. The number of rotatable bonds is 12. The molecule has 3 heterocycles. The van der Waals surface area contributed by atoms with Gasteiger partial charge in [0.1, 0.15) is 54.0 Å². The molecule has 2 fully saturated rings. The number of aliphatic hydroxyl groups is 1. The van der Waals surface area contributed by atoms with Crippen molar-refractivity contribution in [2.24, 2.45) is 11.8 Å². The summed E-state index contributed by atoms with van der Waals surface area (Å²) in [5, 5.41) is 31.9. The Hall–Kier alpha value is -4.33. The number of anilines is 1. The van der Waals surface area contributed by atoms with Crippen molar-refractivity contribution in [3.05, 3.63) is 24.2 Å². The maximum atomic E-state index is 13.6. The number of methoxy groups -OCH3 is 1. The van der Waals surface area contributed by atoms with E-state index in [1.807, 2.05) is 6.07 Å². The number of alkyl carbamates (subject to hydrolysis) is 1. The summed E-state index contributed by atoms with van der Waals surface area (Å²) in [4.78, 5) is 56.1. The van der Waals surface area contributed by atoms with Crippen molar-refractivity contribution in [3.8, 4) is 6.07 Å². The molecule has 1 saturated heterocycles. The summed E-state index contributed by atoms with van der Waals surface area (Å²) in [7, 11) is 1.39. The van der Waals surface area contributed by atoms with Gasteiger partial charge >= 0.3 is 18.0 Å². The van der Waals surface area contributed by atoms with E-state index in [1.54, 1.807) is 48.5 Å². The van der Waals surface area contributed by atoms with Gasteiger partial charge in [0, 0.05) is 13.5 Å². The molecule has 5 atom stereocenters. The Kier molecular flexibility index (Phi) is 11.8. The van der Waals surface area contributed by atoms with E-state index < -0.39 is 77.6 Å². The van der Waals surface area contributed by atoms with Crippen molar-refractivity contribution in [2.75, 3.05) is 19.0 Å². The SMILES string of the molecule is COC(C)(C)C(=O)Nc1ncnn2c([C@]3(C#N)O[C@H](COC(=O)CC4CCCC4)[C@@H](OC(=O)[C@@H](NC(=O)OC(C)(C)C)C(C)C)[C@H]3O)ccc12. The summed E-state index contributed by atoms with van der Waals surface area (Å²) < 4.78 is 29.4. The predicted molar refractivity (Wildman–Crippen MR) is 176 cm³/mol. The molecule has 3 N–H and O–H groups in total. The molecule has 1 aliphatic heterocycles. The number of nitrogens with zero attached hydrogens (tertiary/aromatic N) is 4. The number of ether oxygens (including phenoxy) is 5. The van der Waals surface area contributed by atoms with E-state index in [0.29, 0.717) is 0 Å². The summed E-state index contributed by atoms with van der Waals surface area (Å²) >= 11 is 0. The molecule has 2 aromatic rings. The number of carbonyl (C=O) groups is 4. The van der Waals surface area contributed by atoms with Crippen LogP contribution in [0.3, 0.4) is 0 Å². The third kappa shape index (κ3) is 8.51. The number of aliphatic hydroxyl groups excluding tert-OH is 1. The van der Waals surface area contributed by atoms with Crippen molar-refractivity contribution < 1.29 is 48.0 Å². The maximum Gasteiger partial charge on any atom is 0.408 e. The van der Waals surface area contributed by atoms with E-state index in [1.165, 1.54) is 23.8 Å². The molecule has 16 nitrogen and oxygen atoms in total. The molecular formula is C34H48N6O10. The molecular weight excluding hydrogens is 652 g/mol. The van der Waals surface area contributed by atoms with Crippen LogP contribution < -0.4 is 10.6 Å². The van der Waals surface area contributed by atoms with Gasteiger partial charge in [0.2, 0.25) is 5.60 Å². The minimum Gasteiger partial charge on any atom is -0.463 e. The first-order valence-corrected chi connectivity index (χ1v) is 16.7. The summed E-state index contributed by atoms with van der Waals surface area (Å²) in [6.07, 6.45) is -0.251. The molecule has 2 aromatic heterocycles. The van der Waals surface area contributed by atoms with Crippen LogP contribution in [0.4, 0.5) is 10.6 Å². The molecule has 4 rings (SSSR count). The quantitative estimate of drug-likeness (QED) is 0.215. The summed E-state index contributed by atoms with van der Waals surface area (Å²) in [6.45, 7) is 11.1. The lowest BCUT2D eigenvalue weighted by molar-refractivity contribution is -0.163. The van der Waals surface area contributed by atoms with Crippen LogP contribution in [-0.2, 0) is 43.7 Å². The molecule has 274 valence electrons. The number of hydrogen-bond acceptors (Lipinski definition) is 13. The number of hydrogen-bond donors (Lipinski definition) is 3. The lowest BCUT2D eigenvalue weighted by atomic mass is 9.92. The first kappa shape index (κ1) is 38.5. The van der Waals surface area contributed by atoms with Crippen LogP contribution in [0, 0.1) is 23.2 Å². The average molecular weight is 701 g/mol. The zero-order chi connectivity index (χ0) is 37.0. The van der Waals surface area contributed by atoms with Gasteiger partial charge in [-0.05, 0) is 71.4 Å². The molecule has 0 bridgehead atoms. The number of amides is 2. The third-order valence-electron chi connectivity index (χ3n) is 8.90. The molecule has 50 heavy (non-hydrogen) atoms. The average Bonchev–Trinajstić information content (AvgIpc) is 3.77. The predicted octanol–water partition coefficient (Wildman–Crippen LogP) is 3.16. The van der Waals surface area contributed by atoms with Gasteiger partial charge in [-0.1, -0.05) is 26.7 Å². The van der Waals surface area contributed by atoms with Gasteiger partial charge in [0.15, 0.2) is 11.9 Å². The van der Waals surface area contributed by atoms with Crippen molar-refractivity contribution in [1.29, 1.82) is 5.26 Å². The maximum absolute atomic E-state index is 13.6. The standard InChI is InChI=1S/C34H48N6O10/c1-19(2)25(38-31(45)50-32(3,4)5)29(43)48-26-22(16-47-24(41)15-20-11-9-10-12-20)49-34(17-35,27(26)42)23-14-13-21-28(36-18-37-40(21)23)39-30(44)33(6,7)46-8/h13-14,18-20,22,25-27,42H,9-12,15-16H2,1-8H3,(H,38,45)(H,36,37,39,44)/t22-,25+,26-,27-,34+/m1/s1. The van der Waals surface area contributed by atoms with Gasteiger partial charge in [-0.25, -0.2) is 19.1 Å². The van der Waals surface area contributed by atoms with E-state index in [9.17, 15) is 29.5 Å². The fraction of sp³-hybridized carbons (Fsp3) is 0.676. The van der Waals surface area contributed by atoms with Gasteiger partial charge in [0.05, 0.1) is 5.69 Å². The molecule has 0 aromatic carbocycles. The van der Waals surface area contributed by atoms with Gasteiger partial charge in [0.25, 0.3) is 5.91 Å². The highest BCUT2D eigenvalue weighted by Crippen LogP contribution is 2.42. The third-order valence-corrected chi connectivity index (χ3v) is 8.90. The number of nitrogens with one attached hydrogen (secondary N) is 2. The van der Waals surface area contributed by atoms with E-state index in [2.05, 4.69) is 20.7 Å². The Morgan fingerprint density at radius 2 is 1.84 bits per heavy atom. The second-order valence-corrected chi connectivity index (χ2v) is 14.5. The number of nitriles is 1. The zero-order valence-corrected chi connectivity index (χ0v) is 29.8. The second-order valence-electron chi connectivity index (χ2n) is 14.5. The molecule has 0 spiro atoms. The monoisotopic (exact) mass is 700 g/mol. The largest absolute Gasteiger partial charge is 0.463 e. The fourth-order valence-electron chi connectivity index (χ4n) is 5.93. The second kappa shape index (κ2) is 15.3. The first-order chi connectivity index (χ1) is 23.4. The van der Waals surface area contributed by atoms with Crippen molar-refractivity contribution in [3.63, 3.8) is 0 Å². The molecule has 1 aliphatic carbocycles. The van der Waals surface area contributed by atoms with Crippen LogP contribution in [0.5, 0.6) is 0 Å². The molecule has 16 heteroatoms. The summed E-state index contributed by atoms with van der Waals surface area (Å²) in [6, 6.07) is 3.80. The van der Waals surface area contributed by atoms with Crippen molar-refractivity contribution in [1.82, 2.24) is 19.9 Å². The Balaban J connectivity index is 1.66. The van der Waals surface area contributed by atoms with Gasteiger partial charge in [-0.3, -0.25) is 9.59 Å². The summed E-state index contributed by atoms with van der Waals surface area (Å²) in [5.74, 6) is -2.09. The number of carbonyl (C=O) groups excluding carboxylic acids is 4. The van der Waals surface area contributed by atoms with E-state index >= 15 is 0 Å². The summed E-state index contributed by atoms with van der Waals surface area (Å²) in [5.41, 5.74) is -3.94. The lowest BCUT2D eigenvalue weighted by Gasteiger charge is -2.28. The van der Waals surface area contributed by atoms with Gasteiger partial charge in [-0.15, -0.1) is 0 Å². The van der Waals surface area contributed by atoms with E-state index in [4.69, 9.17) is 23.7 Å². The number of aromatic nitrogens is 3. The molecule has 2 amide bonds. The van der Waals surface area contributed by atoms with Crippen LogP contribution in [-0.4, -0.2) is 92.9 Å². The smallest absolute Gasteiger partial charge is 0.408 e. The molecule has 0 radical (unpaired) electrons. The van der Waals surface area contributed by atoms with E-state index in [0.717, 1.165) is 32.0 Å². The van der Waals surface area contributed by atoms with Crippen LogP contribution in [0.1, 0.15) is 86.3 Å². The zero-order valence-electron chi connectivity index (χ0n) is 29.8. The lowest BCUT2D eigenvalue weighted by Crippen LogP contribution is -2.50. The highest BCUT2D eigenvalue weighted by Gasteiger charge is 2.60. The topological polar surface area (TPSA) is 213 Å². The molecule has 0 unspecified atom stereocenters. The van der Waals surface area contributed by atoms with Crippen LogP contribution in [0.15, 0.2) is 18.5 Å². The highest BCUT2D eigenvalue weighted by atomic mass is 16.6. The van der Waals surface area contributed by atoms with Crippen molar-refractivity contribution >= 4 is 35.3 Å². The van der Waals surface area contributed by atoms with Crippen LogP contribution in [0.25, 0.3) is 5.52 Å². The Bertz CT molecular complexity index is 1610. The van der Waals surface area contributed by atoms with Crippen LogP contribution >= 0.6 is 0 Å². The Morgan fingerprint density at radius 3 is 2.44 bits per heavy atom. The minimum atomic E-state index is -2.20. The first-order valence-electron chi connectivity index (χ1n) is 16.7.